The van der Waals surface area contributed by atoms with E-state index in [0.717, 1.165) is 37.5 Å². The number of rotatable bonds is 20. The number of unbranched alkanes of at least 4 members (excludes halogenated alkanes) is 6. The molecule has 0 aliphatic heterocycles. The summed E-state index contributed by atoms with van der Waals surface area (Å²) in [5.74, 6) is 2.87. The van der Waals surface area contributed by atoms with Gasteiger partial charge in [-0.25, -0.2) is 0 Å². The Labute approximate surface area is 234 Å². The standard InChI is InChI=1S/C16H27O3P.C14H23O3P/c1-15(2)11-7-4-3-5-10-14-18-20(17)19-16-12-8-6-9-13-16;1-13(2)9-5-4-8-12-16-18(15)17-14-10-6-3-7-11-14/h6,8-9,12-13,15,17H,3-5,7,10-11,14H2,1-2H3;3,6-7,10-11,13,15H,4-5,8-9,12H2,1-2H3. The summed E-state index contributed by atoms with van der Waals surface area (Å²) in [6.07, 6.45) is 11.9. The molecule has 0 spiro atoms. The summed E-state index contributed by atoms with van der Waals surface area (Å²) in [4.78, 5) is 19.2. The Hall–Kier alpha value is -1.26. The van der Waals surface area contributed by atoms with Gasteiger partial charge in [0.05, 0.1) is 13.2 Å². The van der Waals surface area contributed by atoms with Crippen LogP contribution in [0.1, 0.15) is 91.9 Å². The molecule has 0 aliphatic carbocycles. The van der Waals surface area contributed by atoms with Crippen LogP contribution in [0.5, 0.6) is 11.5 Å². The van der Waals surface area contributed by atoms with Gasteiger partial charge >= 0.3 is 17.2 Å². The molecule has 0 radical (unpaired) electrons. The number of benzene rings is 2. The molecule has 2 aromatic rings. The molecular weight excluding hydrogens is 518 g/mol. The zero-order chi connectivity index (χ0) is 27.8. The first kappa shape index (κ1) is 34.8. The third kappa shape index (κ3) is 21.6. The predicted molar refractivity (Wildman–Crippen MR) is 160 cm³/mol. The van der Waals surface area contributed by atoms with Crippen molar-refractivity contribution in [3.8, 4) is 11.5 Å². The molecule has 0 amide bonds. The lowest BCUT2D eigenvalue weighted by molar-refractivity contribution is 0.252. The maximum atomic E-state index is 9.62. The van der Waals surface area contributed by atoms with Crippen LogP contribution in [-0.4, -0.2) is 23.0 Å². The first-order valence-electron chi connectivity index (χ1n) is 14.1. The molecule has 0 saturated heterocycles. The quantitative estimate of drug-likeness (QED) is 0.122. The van der Waals surface area contributed by atoms with E-state index in [1.807, 2.05) is 48.5 Å². The molecule has 2 atom stereocenters. The van der Waals surface area contributed by atoms with Crippen LogP contribution in [0.25, 0.3) is 0 Å². The summed E-state index contributed by atoms with van der Waals surface area (Å²) in [5.41, 5.74) is 0. The highest BCUT2D eigenvalue weighted by Gasteiger charge is 2.09. The van der Waals surface area contributed by atoms with Crippen LogP contribution in [0.2, 0.25) is 0 Å². The van der Waals surface area contributed by atoms with Gasteiger partial charge in [-0.05, 0) is 48.9 Å². The first-order chi connectivity index (χ1) is 18.4. The topological polar surface area (TPSA) is 77.4 Å². The highest BCUT2D eigenvalue weighted by atomic mass is 31.2. The molecule has 2 unspecified atom stereocenters. The average Bonchev–Trinajstić information content (AvgIpc) is 2.89. The van der Waals surface area contributed by atoms with Gasteiger partial charge in [-0.2, -0.15) is 0 Å². The number of para-hydroxylation sites is 2. The van der Waals surface area contributed by atoms with Crippen LogP contribution in [0.3, 0.4) is 0 Å². The largest absolute Gasteiger partial charge is 0.427 e. The second-order valence-electron chi connectivity index (χ2n) is 10.1. The van der Waals surface area contributed by atoms with Crippen molar-refractivity contribution in [2.24, 2.45) is 11.8 Å². The van der Waals surface area contributed by atoms with E-state index in [0.29, 0.717) is 24.7 Å². The van der Waals surface area contributed by atoms with Crippen molar-refractivity contribution in [3.63, 3.8) is 0 Å². The maximum absolute atomic E-state index is 9.62. The molecule has 0 aliphatic rings. The van der Waals surface area contributed by atoms with Crippen molar-refractivity contribution in [2.45, 2.75) is 91.9 Å². The second kappa shape index (κ2) is 23.6. The van der Waals surface area contributed by atoms with Gasteiger partial charge < -0.3 is 27.9 Å². The van der Waals surface area contributed by atoms with E-state index in [2.05, 4.69) is 27.7 Å². The minimum absolute atomic E-state index is 0.563. The summed E-state index contributed by atoms with van der Waals surface area (Å²) >= 11 is 0. The Morgan fingerprint density at radius 2 is 0.868 bits per heavy atom. The molecule has 0 aromatic heterocycles. The third-order valence-electron chi connectivity index (χ3n) is 5.61. The van der Waals surface area contributed by atoms with Gasteiger partial charge in [0.2, 0.25) is 0 Å². The lowest BCUT2D eigenvalue weighted by Gasteiger charge is -2.11. The SMILES string of the molecule is CC(C)CCCCCCCOP(O)Oc1ccccc1.CC(C)CCCCCOP(O)Oc1ccccc1. The Bertz CT molecular complexity index is 764. The molecule has 2 rings (SSSR count). The van der Waals surface area contributed by atoms with E-state index in [-0.39, 0.29) is 0 Å². The van der Waals surface area contributed by atoms with E-state index in [4.69, 9.17) is 18.1 Å². The van der Waals surface area contributed by atoms with Crippen molar-refractivity contribution in [1.29, 1.82) is 0 Å². The Morgan fingerprint density at radius 3 is 1.26 bits per heavy atom. The minimum atomic E-state index is -1.79. The van der Waals surface area contributed by atoms with Gasteiger partial charge in [0.1, 0.15) is 11.5 Å². The first-order valence-corrected chi connectivity index (χ1v) is 16.3. The van der Waals surface area contributed by atoms with E-state index < -0.39 is 17.2 Å². The summed E-state index contributed by atoms with van der Waals surface area (Å²) in [5, 5.41) is 0. The van der Waals surface area contributed by atoms with Gasteiger partial charge in [0, 0.05) is 0 Å². The van der Waals surface area contributed by atoms with Crippen LogP contribution in [-0.2, 0) is 9.05 Å². The van der Waals surface area contributed by atoms with Crippen molar-refractivity contribution >= 4 is 17.2 Å². The molecular formula is C30H50O6P2. The summed E-state index contributed by atoms with van der Waals surface area (Å²) in [6, 6.07) is 18.5. The molecule has 6 nitrogen and oxygen atoms in total. The minimum Gasteiger partial charge on any atom is -0.427 e. The smallest absolute Gasteiger partial charge is 0.394 e. The normalized spacial score (nSPS) is 12.6. The van der Waals surface area contributed by atoms with Crippen LogP contribution in [0.4, 0.5) is 0 Å². The Kier molecular flexibility index (Phi) is 21.6. The molecule has 0 heterocycles. The molecule has 2 N–H and O–H groups in total. The molecule has 0 bridgehead atoms. The fourth-order valence-corrected chi connectivity index (χ4v) is 4.78. The maximum Gasteiger partial charge on any atom is 0.394 e. The van der Waals surface area contributed by atoms with Gasteiger partial charge in [-0.3, -0.25) is 0 Å². The highest BCUT2D eigenvalue weighted by Crippen LogP contribution is 2.35. The lowest BCUT2D eigenvalue weighted by atomic mass is 10.0. The molecule has 8 heteroatoms. The van der Waals surface area contributed by atoms with Crippen LogP contribution in [0, 0.1) is 11.8 Å². The van der Waals surface area contributed by atoms with Crippen LogP contribution in [0.15, 0.2) is 60.7 Å². The van der Waals surface area contributed by atoms with E-state index in [1.54, 1.807) is 12.1 Å². The molecule has 0 fully saturated rings. The van der Waals surface area contributed by atoms with Crippen molar-refractivity contribution in [3.05, 3.63) is 60.7 Å². The third-order valence-corrected chi connectivity index (χ3v) is 7.15. The van der Waals surface area contributed by atoms with Crippen LogP contribution < -0.4 is 9.05 Å². The Morgan fingerprint density at radius 1 is 0.526 bits per heavy atom. The molecule has 216 valence electrons. The van der Waals surface area contributed by atoms with Gasteiger partial charge in [0.25, 0.3) is 0 Å². The highest BCUT2D eigenvalue weighted by molar-refractivity contribution is 7.41. The molecule has 2 aromatic carbocycles. The van der Waals surface area contributed by atoms with Crippen molar-refractivity contribution in [1.82, 2.24) is 0 Å². The Balaban J connectivity index is 0.000000382. The van der Waals surface area contributed by atoms with Gasteiger partial charge in [-0.1, -0.05) is 115 Å². The molecule has 38 heavy (non-hydrogen) atoms. The predicted octanol–water partition coefficient (Wildman–Crippen LogP) is 9.82. The summed E-state index contributed by atoms with van der Waals surface area (Å²) in [6.45, 7) is 10.1. The summed E-state index contributed by atoms with van der Waals surface area (Å²) in [7, 11) is -3.58. The zero-order valence-electron chi connectivity index (χ0n) is 23.8. The number of hydrogen-bond donors (Lipinski definition) is 2. The zero-order valence-corrected chi connectivity index (χ0v) is 25.6. The second-order valence-corrected chi connectivity index (χ2v) is 12.0. The van der Waals surface area contributed by atoms with Crippen LogP contribution >= 0.6 is 17.2 Å². The lowest BCUT2D eigenvalue weighted by Crippen LogP contribution is -1.95. The van der Waals surface area contributed by atoms with E-state index >= 15 is 0 Å². The summed E-state index contributed by atoms with van der Waals surface area (Å²) < 4.78 is 21.1. The molecule has 0 saturated carbocycles. The fraction of sp³-hybridized carbons (Fsp3) is 0.600. The van der Waals surface area contributed by atoms with E-state index in [9.17, 15) is 9.79 Å². The average molecular weight is 569 g/mol. The van der Waals surface area contributed by atoms with Gasteiger partial charge in [0.15, 0.2) is 0 Å². The monoisotopic (exact) mass is 568 g/mol. The van der Waals surface area contributed by atoms with Crippen molar-refractivity contribution < 1.29 is 27.9 Å². The fourth-order valence-electron chi connectivity index (χ4n) is 3.50. The van der Waals surface area contributed by atoms with Crippen molar-refractivity contribution in [2.75, 3.05) is 13.2 Å². The van der Waals surface area contributed by atoms with E-state index in [1.165, 1.54) is 38.5 Å². The number of hydrogen-bond acceptors (Lipinski definition) is 6. The van der Waals surface area contributed by atoms with Gasteiger partial charge in [-0.15, -0.1) is 0 Å².